The summed E-state index contributed by atoms with van der Waals surface area (Å²) in [6.07, 6.45) is 5.14. The summed E-state index contributed by atoms with van der Waals surface area (Å²) < 4.78 is 15.6. The molecule has 1 aliphatic rings. The van der Waals surface area contributed by atoms with Crippen LogP contribution in [-0.4, -0.2) is 45.0 Å². The van der Waals surface area contributed by atoms with Gasteiger partial charge in [0.2, 0.25) is 0 Å². The summed E-state index contributed by atoms with van der Waals surface area (Å²) in [5.41, 5.74) is 2.50. The number of halogens is 1. The lowest BCUT2D eigenvalue weighted by molar-refractivity contribution is 0.129. The first-order valence-electron chi connectivity index (χ1n) is 10.6. The third kappa shape index (κ3) is 5.65. The lowest BCUT2D eigenvalue weighted by atomic mass is 10.0. The number of imidazole rings is 1. The Morgan fingerprint density at radius 3 is 2.50 bits per heavy atom. The van der Waals surface area contributed by atoms with Crippen molar-refractivity contribution in [2.75, 3.05) is 19.6 Å². The zero-order valence-electron chi connectivity index (χ0n) is 17.8. The highest BCUT2D eigenvalue weighted by molar-refractivity contribution is 5.16. The topological polar surface area (TPSA) is 24.3 Å². The molecule has 1 saturated heterocycles. The van der Waals surface area contributed by atoms with Crippen LogP contribution in [0.2, 0.25) is 0 Å². The fourth-order valence-electron chi connectivity index (χ4n) is 4.20. The minimum absolute atomic E-state index is 0.163. The predicted octanol–water partition coefficient (Wildman–Crippen LogP) is 4.41. The summed E-state index contributed by atoms with van der Waals surface area (Å²) in [5, 5.41) is 0. The van der Waals surface area contributed by atoms with Gasteiger partial charge < -0.3 is 4.57 Å². The predicted molar refractivity (Wildman–Crippen MR) is 112 cm³/mol. The molecule has 2 aromatic rings. The van der Waals surface area contributed by atoms with Crippen LogP contribution in [0.4, 0.5) is 4.39 Å². The molecule has 5 heteroatoms. The van der Waals surface area contributed by atoms with Crippen molar-refractivity contribution in [1.82, 2.24) is 19.4 Å². The Morgan fingerprint density at radius 1 is 1.07 bits per heavy atom. The summed E-state index contributed by atoms with van der Waals surface area (Å²) in [6.45, 7) is 15.2. The summed E-state index contributed by atoms with van der Waals surface area (Å²) in [7, 11) is 0. The molecule has 1 aliphatic heterocycles. The van der Waals surface area contributed by atoms with Crippen LogP contribution in [-0.2, 0) is 19.6 Å². The SMILES string of the molecule is CC(C)Cn1cncc1CN1CCCN(Cc2ccc(F)cc2)[C@H](C(C)C)C1. The van der Waals surface area contributed by atoms with Gasteiger partial charge in [0.05, 0.1) is 12.0 Å². The summed E-state index contributed by atoms with van der Waals surface area (Å²) in [6, 6.07) is 7.47. The average Bonchev–Trinajstić information content (AvgIpc) is 2.95. The number of benzene rings is 1. The van der Waals surface area contributed by atoms with Crippen molar-refractivity contribution in [2.24, 2.45) is 11.8 Å². The third-order valence-corrected chi connectivity index (χ3v) is 5.65. The third-order valence-electron chi connectivity index (χ3n) is 5.65. The van der Waals surface area contributed by atoms with Crippen LogP contribution in [0.3, 0.4) is 0 Å². The first-order chi connectivity index (χ1) is 13.4. The zero-order valence-corrected chi connectivity index (χ0v) is 17.8. The van der Waals surface area contributed by atoms with E-state index in [0.29, 0.717) is 17.9 Å². The van der Waals surface area contributed by atoms with E-state index >= 15 is 0 Å². The normalized spacial score (nSPS) is 19.5. The minimum Gasteiger partial charge on any atom is -0.333 e. The second-order valence-electron chi connectivity index (χ2n) is 8.93. The molecule has 1 aromatic heterocycles. The molecule has 3 rings (SSSR count). The molecule has 0 radical (unpaired) electrons. The van der Waals surface area contributed by atoms with Crippen molar-refractivity contribution in [3.05, 3.63) is 53.9 Å². The fourth-order valence-corrected chi connectivity index (χ4v) is 4.20. The van der Waals surface area contributed by atoms with Crippen LogP contribution in [0.15, 0.2) is 36.8 Å². The number of nitrogens with zero attached hydrogens (tertiary/aromatic N) is 4. The molecule has 2 heterocycles. The molecule has 0 amide bonds. The Hall–Kier alpha value is -1.72. The molecule has 0 unspecified atom stereocenters. The van der Waals surface area contributed by atoms with E-state index < -0.39 is 0 Å². The molecule has 0 N–H and O–H groups in total. The van der Waals surface area contributed by atoms with Gasteiger partial charge in [0.1, 0.15) is 5.82 Å². The number of hydrogen-bond acceptors (Lipinski definition) is 3. The molecule has 1 atom stereocenters. The Balaban J connectivity index is 1.68. The van der Waals surface area contributed by atoms with E-state index in [1.54, 1.807) is 12.1 Å². The molecule has 0 saturated carbocycles. The average molecular weight is 387 g/mol. The standard InChI is InChI=1S/C23H35FN4/c1-18(2)13-28-17-25-12-22(28)15-26-10-5-11-27(23(16-26)19(3)4)14-20-6-8-21(24)9-7-20/h6-9,12,17-19,23H,5,10-11,13-16H2,1-4H3/t23-/m0/s1. The van der Waals surface area contributed by atoms with Crippen LogP contribution in [0, 0.1) is 17.7 Å². The summed E-state index contributed by atoms with van der Waals surface area (Å²) in [5.74, 6) is 1.03. The smallest absolute Gasteiger partial charge is 0.123 e. The largest absolute Gasteiger partial charge is 0.333 e. The molecule has 28 heavy (non-hydrogen) atoms. The molecular formula is C23H35FN4. The highest BCUT2D eigenvalue weighted by Gasteiger charge is 2.27. The van der Waals surface area contributed by atoms with E-state index in [1.165, 1.54) is 11.3 Å². The summed E-state index contributed by atoms with van der Waals surface area (Å²) >= 11 is 0. The molecular weight excluding hydrogens is 351 g/mol. The van der Waals surface area contributed by atoms with Crippen molar-refractivity contribution in [3.63, 3.8) is 0 Å². The van der Waals surface area contributed by atoms with E-state index in [1.807, 2.05) is 24.7 Å². The van der Waals surface area contributed by atoms with Crippen molar-refractivity contribution in [3.8, 4) is 0 Å². The Labute approximate surface area is 169 Å². The van der Waals surface area contributed by atoms with E-state index in [2.05, 4.69) is 47.0 Å². The molecule has 0 bridgehead atoms. The van der Waals surface area contributed by atoms with Crippen molar-refractivity contribution in [1.29, 1.82) is 0 Å². The molecule has 1 aromatic carbocycles. The van der Waals surface area contributed by atoms with Crippen LogP contribution in [0.1, 0.15) is 45.4 Å². The van der Waals surface area contributed by atoms with Crippen LogP contribution in [0.5, 0.6) is 0 Å². The van der Waals surface area contributed by atoms with Gasteiger partial charge >= 0.3 is 0 Å². The van der Waals surface area contributed by atoms with Gasteiger partial charge in [0.25, 0.3) is 0 Å². The highest BCUT2D eigenvalue weighted by Crippen LogP contribution is 2.21. The van der Waals surface area contributed by atoms with Crippen molar-refractivity contribution in [2.45, 2.75) is 59.8 Å². The number of aromatic nitrogens is 2. The van der Waals surface area contributed by atoms with Gasteiger partial charge in [-0.25, -0.2) is 9.37 Å². The van der Waals surface area contributed by atoms with E-state index in [9.17, 15) is 4.39 Å². The Bertz CT molecular complexity index is 722. The van der Waals surface area contributed by atoms with Gasteiger partial charge in [-0.1, -0.05) is 39.8 Å². The lowest BCUT2D eigenvalue weighted by Crippen LogP contribution is -2.44. The van der Waals surface area contributed by atoms with E-state index in [0.717, 1.165) is 45.7 Å². The zero-order chi connectivity index (χ0) is 20.1. The Morgan fingerprint density at radius 2 is 1.82 bits per heavy atom. The van der Waals surface area contributed by atoms with Crippen LogP contribution < -0.4 is 0 Å². The number of rotatable bonds is 7. The molecule has 154 valence electrons. The van der Waals surface area contributed by atoms with E-state index in [4.69, 9.17) is 0 Å². The van der Waals surface area contributed by atoms with Crippen LogP contribution >= 0.6 is 0 Å². The van der Waals surface area contributed by atoms with Crippen molar-refractivity contribution >= 4 is 0 Å². The van der Waals surface area contributed by atoms with Crippen LogP contribution in [0.25, 0.3) is 0 Å². The monoisotopic (exact) mass is 386 g/mol. The lowest BCUT2D eigenvalue weighted by Gasteiger charge is -2.34. The van der Waals surface area contributed by atoms with Gasteiger partial charge in [-0.05, 0) is 42.5 Å². The maximum absolute atomic E-state index is 13.3. The highest BCUT2D eigenvalue weighted by atomic mass is 19.1. The van der Waals surface area contributed by atoms with Gasteiger partial charge in [0.15, 0.2) is 0 Å². The van der Waals surface area contributed by atoms with Gasteiger partial charge in [-0.3, -0.25) is 9.80 Å². The van der Waals surface area contributed by atoms with Gasteiger partial charge in [-0.15, -0.1) is 0 Å². The first-order valence-corrected chi connectivity index (χ1v) is 10.6. The van der Waals surface area contributed by atoms with Crippen molar-refractivity contribution < 1.29 is 4.39 Å². The summed E-state index contributed by atoms with van der Waals surface area (Å²) in [4.78, 5) is 9.56. The Kier molecular flexibility index (Phi) is 7.24. The molecule has 1 fully saturated rings. The maximum Gasteiger partial charge on any atom is 0.123 e. The number of hydrogen-bond donors (Lipinski definition) is 0. The molecule has 0 spiro atoms. The van der Waals surface area contributed by atoms with Gasteiger partial charge in [0, 0.05) is 45.0 Å². The second kappa shape index (κ2) is 9.66. The molecule has 0 aliphatic carbocycles. The quantitative estimate of drug-likeness (QED) is 0.704. The maximum atomic E-state index is 13.3. The molecule has 4 nitrogen and oxygen atoms in total. The fraction of sp³-hybridized carbons (Fsp3) is 0.609. The minimum atomic E-state index is -0.163. The first kappa shape index (κ1) is 21.0. The second-order valence-corrected chi connectivity index (χ2v) is 8.93. The van der Waals surface area contributed by atoms with Gasteiger partial charge in [-0.2, -0.15) is 0 Å². The van der Waals surface area contributed by atoms with E-state index in [-0.39, 0.29) is 5.82 Å².